The number of oxazole rings is 1. The van der Waals surface area contributed by atoms with Gasteiger partial charge in [0.05, 0.1) is 10.2 Å². The molecule has 0 bridgehead atoms. The molecule has 2 aromatic carbocycles. The van der Waals surface area contributed by atoms with E-state index in [1.54, 1.807) is 6.07 Å². The quantitative estimate of drug-likeness (QED) is 0.585. The number of benzene rings is 2. The second-order valence-corrected chi connectivity index (χ2v) is 5.96. The minimum Gasteiger partial charge on any atom is -0.423 e. The van der Waals surface area contributed by atoms with E-state index in [4.69, 9.17) is 4.42 Å². The fraction of sp³-hybridized carbons (Fsp3) is 0.125. The van der Waals surface area contributed by atoms with E-state index >= 15 is 0 Å². The van der Waals surface area contributed by atoms with Gasteiger partial charge in [0.1, 0.15) is 11.3 Å². The van der Waals surface area contributed by atoms with Gasteiger partial charge in [-0.3, -0.25) is 5.32 Å². The fourth-order valence-corrected chi connectivity index (χ4v) is 3.17. The monoisotopic (exact) mass is 313 g/mol. The van der Waals surface area contributed by atoms with E-state index < -0.39 is 0 Å². The number of halogens is 1. The van der Waals surface area contributed by atoms with Gasteiger partial charge in [-0.05, 0) is 42.3 Å². The molecular formula is C16H12FN3OS. The summed E-state index contributed by atoms with van der Waals surface area (Å²) in [5.41, 5.74) is 3.50. The molecule has 0 radical (unpaired) electrons. The van der Waals surface area contributed by atoms with E-state index in [2.05, 4.69) is 22.2 Å². The van der Waals surface area contributed by atoms with Gasteiger partial charge in [0, 0.05) is 0 Å². The van der Waals surface area contributed by atoms with E-state index in [0.717, 1.165) is 27.7 Å². The highest BCUT2D eigenvalue weighted by atomic mass is 32.1. The van der Waals surface area contributed by atoms with Gasteiger partial charge < -0.3 is 4.42 Å². The summed E-state index contributed by atoms with van der Waals surface area (Å²) >= 11 is 1.36. The maximum absolute atomic E-state index is 13.2. The molecule has 110 valence electrons. The number of hydrogen-bond donors (Lipinski definition) is 1. The first-order chi connectivity index (χ1) is 10.7. The van der Waals surface area contributed by atoms with E-state index in [1.807, 2.05) is 18.2 Å². The molecule has 1 N–H and O–H groups in total. The van der Waals surface area contributed by atoms with Crippen LogP contribution >= 0.6 is 11.3 Å². The van der Waals surface area contributed by atoms with Crippen molar-refractivity contribution in [1.29, 1.82) is 0 Å². The summed E-state index contributed by atoms with van der Waals surface area (Å²) in [6.45, 7) is 2.10. The predicted molar refractivity (Wildman–Crippen MR) is 86.2 cm³/mol. The molecule has 0 fully saturated rings. The van der Waals surface area contributed by atoms with Crippen LogP contribution < -0.4 is 5.32 Å². The Morgan fingerprint density at radius 3 is 2.91 bits per heavy atom. The van der Waals surface area contributed by atoms with Gasteiger partial charge in [0.15, 0.2) is 10.7 Å². The molecule has 0 saturated carbocycles. The highest BCUT2D eigenvalue weighted by Gasteiger charge is 2.10. The molecule has 6 heteroatoms. The van der Waals surface area contributed by atoms with Gasteiger partial charge in [-0.1, -0.05) is 24.3 Å². The second-order valence-electron chi connectivity index (χ2n) is 4.93. The van der Waals surface area contributed by atoms with Crippen LogP contribution in [0.5, 0.6) is 0 Å². The third kappa shape index (κ3) is 2.31. The Morgan fingerprint density at radius 2 is 2.05 bits per heavy atom. The zero-order valence-electron chi connectivity index (χ0n) is 11.8. The Bertz CT molecular complexity index is 976. The van der Waals surface area contributed by atoms with Gasteiger partial charge in [0.2, 0.25) is 0 Å². The SMILES string of the molecule is CCc1ccc2oc(Nc3nc4ccc(F)cc4s3)nc2c1. The normalized spacial score (nSPS) is 11.4. The van der Waals surface area contributed by atoms with Gasteiger partial charge in [0.25, 0.3) is 0 Å². The minimum absolute atomic E-state index is 0.267. The minimum atomic E-state index is -0.267. The van der Waals surface area contributed by atoms with Crippen molar-refractivity contribution >= 4 is 43.8 Å². The highest BCUT2D eigenvalue weighted by Crippen LogP contribution is 2.30. The summed E-state index contributed by atoms with van der Waals surface area (Å²) < 4.78 is 19.7. The Labute approximate surface area is 129 Å². The predicted octanol–water partition coefficient (Wildman–Crippen LogP) is 4.88. The zero-order chi connectivity index (χ0) is 15.1. The first-order valence-electron chi connectivity index (χ1n) is 6.94. The lowest BCUT2D eigenvalue weighted by atomic mass is 10.1. The molecule has 0 amide bonds. The van der Waals surface area contributed by atoms with Crippen molar-refractivity contribution in [1.82, 2.24) is 9.97 Å². The third-order valence-electron chi connectivity index (χ3n) is 3.42. The number of hydrogen-bond acceptors (Lipinski definition) is 5. The second kappa shape index (κ2) is 5.06. The van der Waals surface area contributed by atoms with Gasteiger partial charge in [-0.15, -0.1) is 0 Å². The van der Waals surface area contributed by atoms with Crippen molar-refractivity contribution < 1.29 is 8.81 Å². The van der Waals surface area contributed by atoms with Crippen molar-refractivity contribution in [3.63, 3.8) is 0 Å². The van der Waals surface area contributed by atoms with Crippen LogP contribution in [0.3, 0.4) is 0 Å². The lowest BCUT2D eigenvalue weighted by Gasteiger charge is -1.92. The van der Waals surface area contributed by atoms with Crippen LogP contribution in [0.4, 0.5) is 15.5 Å². The van der Waals surface area contributed by atoms with Crippen molar-refractivity contribution in [3.8, 4) is 0 Å². The molecule has 0 aliphatic heterocycles. The number of fused-ring (bicyclic) bond motifs is 2. The molecule has 0 aliphatic carbocycles. The molecule has 2 aromatic heterocycles. The Morgan fingerprint density at radius 1 is 1.14 bits per heavy atom. The first-order valence-corrected chi connectivity index (χ1v) is 7.75. The van der Waals surface area contributed by atoms with Crippen LogP contribution in [0.25, 0.3) is 21.3 Å². The van der Waals surface area contributed by atoms with Crippen molar-refractivity contribution in [2.75, 3.05) is 5.32 Å². The number of aryl methyl sites for hydroxylation is 1. The standard InChI is InChI=1S/C16H12FN3OS/c1-2-9-3-6-13-12(7-9)18-15(21-13)20-16-19-11-5-4-10(17)8-14(11)22-16/h3-8H,2H2,1H3,(H,18,19,20). The number of nitrogens with zero attached hydrogens (tertiary/aromatic N) is 2. The average molecular weight is 313 g/mol. The number of nitrogens with one attached hydrogen (secondary N) is 1. The Balaban J connectivity index is 1.69. The molecule has 0 atom stereocenters. The largest absolute Gasteiger partial charge is 0.423 e. The lowest BCUT2D eigenvalue weighted by molar-refractivity contribution is 0.623. The van der Waals surface area contributed by atoms with Crippen molar-refractivity contribution in [2.45, 2.75) is 13.3 Å². The average Bonchev–Trinajstić information content (AvgIpc) is 3.08. The summed E-state index contributed by atoms with van der Waals surface area (Å²) in [5, 5.41) is 3.67. The molecule has 0 unspecified atom stereocenters. The van der Waals surface area contributed by atoms with Gasteiger partial charge in [-0.25, -0.2) is 9.37 Å². The fourth-order valence-electron chi connectivity index (χ4n) is 2.29. The van der Waals surface area contributed by atoms with Crippen LogP contribution in [0.1, 0.15) is 12.5 Å². The number of rotatable bonds is 3. The van der Waals surface area contributed by atoms with E-state index in [0.29, 0.717) is 11.1 Å². The molecule has 4 nitrogen and oxygen atoms in total. The molecule has 0 spiro atoms. The van der Waals surface area contributed by atoms with E-state index in [9.17, 15) is 4.39 Å². The molecular weight excluding hydrogens is 301 g/mol. The zero-order valence-corrected chi connectivity index (χ0v) is 12.6. The summed E-state index contributed by atoms with van der Waals surface area (Å²) in [4.78, 5) is 8.81. The van der Waals surface area contributed by atoms with Crippen molar-refractivity contribution in [2.24, 2.45) is 0 Å². The summed E-state index contributed by atoms with van der Waals surface area (Å²) in [5.74, 6) is -0.267. The topological polar surface area (TPSA) is 51.0 Å². The van der Waals surface area contributed by atoms with Crippen LogP contribution in [-0.2, 0) is 6.42 Å². The summed E-state index contributed by atoms with van der Waals surface area (Å²) in [6.07, 6.45) is 0.953. The maximum atomic E-state index is 13.2. The Hall–Kier alpha value is -2.47. The third-order valence-corrected chi connectivity index (χ3v) is 4.36. The molecule has 0 aliphatic rings. The van der Waals surface area contributed by atoms with Gasteiger partial charge >= 0.3 is 6.01 Å². The number of thiazole rings is 1. The van der Waals surface area contributed by atoms with E-state index in [-0.39, 0.29) is 5.82 Å². The molecule has 0 saturated heterocycles. The number of aromatic nitrogens is 2. The molecule has 4 aromatic rings. The van der Waals surface area contributed by atoms with Crippen LogP contribution in [0, 0.1) is 5.82 Å². The molecule has 4 rings (SSSR count). The smallest absolute Gasteiger partial charge is 0.302 e. The summed E-state index contributed by atoms with van der Waals surface area (Å²) in [7, 11) is 0. The van der Waals surface area contributed by atoms with Crippen LogP contribution in [0.15, 0.2) is 40.8 Å². The van der Waals surface area contributed by atoms with Crippen molar-refractivity contribution in [3.05, 3.63) is 47.8 Å². The van der Waals surface area contributed by atoms with Gasteiger partial charge in [-0.2, -0.15) is 4.98 Å². The van der Waals surface area contributed by atoms with E-state index in [1.165, 1.54) is 29.0 Å². The maximum Gasteiger partial charge on any atom is 0.302 e. The van der Waals surface area contributed by atoms with Crippen LogP contribution in [-0.4, -0.2) is 9.97 Å². The summed E-state index contributed by atoms with van der Waals surface area (Å²) in [6, 6.07) is 10.9. The molecule has 2 heterocycles. The van der Waals surface area contributed by atoms with Crippen LogP contribution in [0.2, 0.25) is 0 Å². The number of anilines is 2. The highest BCUT2D eigenvalue weighted by molar-refractivity contribution is 7.22. The lowest BCUT2D eigenvalue weighted by Crippen LogP contribution is -1.88. The first kappa shape index (κ1) is 13.2. The Kier molecular flexibility index (Phi) is 3.04. The molecule has 22 heavy (non-hydrogen) atoms.